The summed E-state index contributed by atoms with van der Waals surface area (Å²) in [5.41, 5.74) is 7.59. The Bertz CT molecular complexity index is 2860. The van der Waals surface area contributed by atoms with Gasteiger partial charge >= 0.3 is 6.36 Å². The topological polar surface area (TPSA) is 181 Å². The number of aliphatic hydroxyl groups excluding tert-OH is 1. The summed E-state index contributed by atoms with van der Waals surface area (Å²) in [6.07, 6.45) is 9.45. The number of likely N-dealkylation sites (tertiary alicyclic amines) is 2. The molecule has 0 radical (unpaired) electrons. The Balaban J connectivity index is 0.749. The second kappa shape index (κ2) is 27.3. The Morgan fingerprint density at radius 2 is 1.47 bits per heavy atom. The molecule has 7 rings (SSSR count). The fourth-order valence-electron chi connectivity index (χ4n) is 10.9. The monoisotopic (exact) mass is 1100 g/mol. The van der Waals surface area contributed by atoms with E-state index in [2.05, 4.69) is 20.4 Å². The number of carbonyl (C=O) groups excluding carboxylic acids is 4. The van der Waals surface area contributed by atoms with E-state index in [-0.39, 0.29) is 61.2 Å². The van der Waals surface area contributed by atoms with E-state index < -0.39 is 36.6 Å². The number of hydrogen-bond donors (Lipinski definition) is 3. The lowest BCUT2D eigenvalue weighted by molar-refractivity contribution is -0.325. The van der Waals surface area contributed by atoms with Gasteiger partial charge in [0.05, 0.1) is 39.8 Å². The molecule has 0 saturated carbocycles. The Hall–Kier alpha value is -5.92. The highest BCUT2D eigenvalue weighted by Gasteiger charge is 2.44. The van der Waals surface area contributed by atoms with Gasteiger partial charge in [-0.2, -0.15) is 0 Å². The molecule has 2 aliphatic rings. The zero-order valence-electron chi connectivity index (χ0n) is 46.3. The number of aliphatic hydroxyl groups is 1. The molecule has 19 heteroatoms. The van der Waals surface area contributed by atoms with Gasteiger partial charge in [-0.25, -0.2) is 9.97 Å². The van der Waals surface area contributed by atoms with Crippen molar-refractivity contribution in [1.82, 2.24) is 39.5 Å². The molecule has 2 aromatic carbocycles. The minimum absolute atomic E-state index is 0.0221. The number of piperidine rings is 1. The highest BCUT2D eigenvalue weighted by atomic mass is 32.1. The summed E-state index contributed by atoms with van der Waals surface area (Å²) in [5.74, 6) is -0.130. The zero-order chi connectivity index (χ0) is 56.1. The van der Waals surface area contributed by atoms with Gasteiger partial charge in [-0.3, -0.25) is 28.7 Å². The minimum atomic E-state index is -4.75. The number of unbranched alkanes of at least 4 members (excludes halogenated alkanes) is 10. The molecule has 0 bridgehead atoms. The average Bonchev–Trinajstić information content (AvgIpc) is 4.13. The van der Waals surface area contributed by atoms with Gasteiger partial charge in [0.25, 0.3) is 5.56 Å². The van der Waals surface area contributed by atoms with Gasteiger partial charge in [0.1, 0.15) is 17.9 Å². The van der Waals surface area contributed by atoms with E-state index in [4.69, 9.17) is 4.98 Å². The maximum atomic E-state index is 14.0. The third kappa shape index (κ3) is 16.3. The van der Waals surface area contributed by atoms with Crippen LogP contribution in [0.25, 0.3) is 32.6 Å². The largest absolute Gasteiger partial charge is 0.522 e. The van der Waals surface area contributed by atoms with E-state index >= 15 is 0 Å². The predicted molar refractivity (Wildman–Crippen MR) is 297 cm³/mol. The maximum absolute atomic E-state index is 14.0. The number of nitrogens with one attached hydrogen (secondary N) is 2. The molecule has 424 valence electrons. The Labute approximate surface area is 460 Å². The number of fused-ring (bicyclic) bond motifs is 1. The van der Waals surface area contributed by atoms with Crippen LogP contribution in [0.1, 0.15) is 152 Å². The molecule has 2 aliphatic heterocycles. The number of aryl methyl sites for hydroxylation is 3. The highest BCUT2D eigenvalue weighted by Crippen LogP contribution is 2.34. The summed E-state index contributed by atoms with van der Waals surface area (Å²) in [4.78, 5) is 79.9. The van der Waals surface area contributed by atoms with Crippen LogP contribution in [0.2, 0.25) is 0 Å². The summed E-state index contributed by atoms with van der Waals surface area (Å²) in [6, 6.07) is 13.7. The van der Waals surface area contributed by atoms with Gasteiger partial charge < -0.3 is 34.7 Å². The fourth-order valence-corrected chi connectivity index (χ4v) is 11.7. The first-order chi connectivity index (χ1) is 37.2. The van der Waals surface area contributed by atoms with Crippen LogP contribution in [-0.4, -0.2) is 108 Å². The van der Waals surface area contributed by atoms with Gasteiger partial charge in [-0.1, -0.05) is 109 Å². The van der Waals surface area contributed by atoms with E-state index in [0.29, 0.717) is 67.6 Å². The number of carbonyl (C=O) groups is 4. The van der Waals surface area contributed by atoms with Crippen molar-refractivity contribution in [2.24, 2.45) is 12.5 Å². The number of β-amino-alcohol motifs (C(OH)–C–C–N with tert-alkyl or cyclic N) is 1. The van der Waals surface area contributed by atoms with Gasteiger partial charge in [0.15, 0.2) is 0 Å². The summed E-state index contributed by atoms with van der Waals surface area (Å²) in [5, 5.41) is 16.5. The molecule has 3 aromatic heterocycles. The SMILES string of the molecule is Cc1ncsc1-c1ccc(CNC(=O)[C@@H]2C[C@@H](O)CN2C(=O)[C@H](NC(=O)CCCCCCCCCCCCCC(=O)N2CCC(c3nc4ccc(-c5cc(C)c(=O)n(C)c5)cc4n3CCOC(F)(F)F)CC2)C(C)(C)C)cc1. The number of imidazole rings is 1. The van der Waals surface area contributed by atoms with Gasteiger partial charge in [-0.05, 0) is 85.4 Å². The van der Waals surface area contributed by atoms with Crippen LogP contribution in [0.3, 0.4) is 0 Å². The van der Waals surface area contributed by atoms with Crippen molar-refractivity contribution in [2.45, 2.75) is 181 Å². The maximum Gasteiger partial charge on any atom is 0.522 e. The molecule has 2 saturated heterocycles. The molecule has 2 fully saturated rings. The molecule has 5 heterocycles. The number of pyridine rings is 1. The number of ether oxygens (including phenoxy) is 1. The molecule has 3 atom stereocenters. The first-order valence-electron chi connectivity index (χ1n) is 27.9. The van der Waals surface area contributed by atoms with Crippen LogP contribution in [0, 0.1) is 19.3 Å². The normalized spacial score (nSPS) is 16.7. The standard InChI is InChI=1S/C59H79F3N8O7S/c1-39-32-45(36-67(6)56(39)75)44-24-25-47-48(33-44)69(30-31-77-59(60,61)62)54(65-47)43-26-28-68(29-27-43)51(73)19-17-15-13-11-9-7-8-10-12-14-16-18-50(72)66-53(58(3,4)5)57(76)70-37-46(71)34-49(70)55(74)63-35-41-20-22-42(23-21-41)52-40(2)64-38-78-52/h20-25,32-33,36,38,43,46,49,53,71H,7-19,26-31,34-35,37H2,1-6H3,(H,63,74)(H,66,72)/t46-,49+,53+/m1/s1. The second-order valence-corrected chi connectivity index (χ2v) is 23.3. The lowest BCUT2D eigenvalue weighted by Crippen LogP contribution is -2.57. The van der Waals surface area contributed by atoms with Gasteiger partial charge in [-0.15, -0.1) is 24.5 Å². The molecule has 78 heavy (non-hydrogen) atoms. The van der Waals surface area contributed by atoms with Crippen molar-refractivity contribution in [2.75, 3.05) is 26.2 Å². The second-order valence-electron chi connectivity index (χ2n) is 22.4. The fraction of sp³-hybridized carbons (Fsp3) is 0.576. The summed E-state index contributed by atoms with van der Waals surface area (Å²) in [6.45, 7) is 10.2. The number of aromatic nitrogens is 4. The van der Waals surface area contributed by atoms with E-state index in [1.54, 1.807) is 37.6 Å². The minimum Gasteiger partial charge on any atom is -0.391 e. The molecule has 0 aliphatic carbocycles. The Morgan fingerprint density at radius 3 is 2.08 bits per heavy atom. The van der Waals surface area contributed by atoms with Crippen LogP contribution in [0.5, 0.6) is 0 Å². The molecule has 4 amide bonds. The van der Waals surface area contributed by atoms with Crippen molar-refractivity contribution in [3.8, 4) is 21.6 Å². The highest BCUT2D eigenvalue weighted by molar-refractivity contribution is 7.13. The zero-order valence-corrected chi connectivity index (χ0v) is 47.1. The van der Waals surface area contributed by atoms with Crippen molar-refractivity contribution < 1.29 is 42.2 Å². The van der Waals surface area contributed by atoms with Crippen molar-refractivity contribution >= 4 is 46.0 Å². The molecule has 0 unspecified atom stereocenters. The smallest absolute Gasteiger partial charge is 0.391 e. The predicted octanol–water partition coefficient (Wildman–Crippen LogP) is 10.3. The number of rotatable bonds is 25. The van der Waals surface area contributed by atoms with Crippen LogP contribution in [0.15, 0.2) is 65.0 Å². The van der Waals surface area contributed by atoms with Crippen molar-refractivity contribution in [1.29, 1.82) is 0 Å². The number of halogens is 3. The van der Waals surface area contributed by atoms with Crippen LogP contribution >= 0.6 is 11.3 Å². The molecular formula is C59H79F3N8O7S. The number of alkyl halides is 3. The number of thiazole rings is 1. The molecule has 0 spiro atoms. The Kier molecular flexibility index (Phi) is 20.9. The van der Waals surface area contributed by atoms with E-state index in [1.165, 1.54) is 9.47 Å². The van der Waals surface area contributed by atoms with Crippen molar-refractivity contribution in [3.05, 3.63) is 93.2 Å². The van der Waals surface area contributed by atoms with E-state index in [9.17, 15) is 42.3 Å². The summed E-state index contributed by atoms with van der Waals surface area (Å²) >= 11 is 1.58. The lowest BCUT2D eigenvalue weighted by Gasteiger charge is -2.35. The summed E-state index contributed by atoms with van der Waals surface area (Å²) in [7, 11) is 1.68. The number of hydrogen-bond acceptors (Lipinski definition) is 10. The van der Waals surface area contributed by atoms with Crippen molar-refractivity contribution in [3.63, 3.8) is 0 Å². The first-order valence-corrected chi connectivity index (χ1v) is 28.8. The number of benzene rings is 2. The van der Waals surface area contributed by atoms with E-state index in [0.717, 1.165) is 97.0 Å². The molecule has 15 nitrogen and oxygen atoms in total. The average molecular weight is 1100 g/mol. The summed E-state index contributed by atoms with van der Waals surface area (Å²) < 4.78 is 46.7. The lowest BCUT2D eigenvalue weighted by atomic mass is 9.85. The van der Waals surface area contributed by atoms with E-state index in [1.807, 2.05) is 85.1 Å². The first kappa shape index (κ1) is 59.7. The van der Waals surface area contributed by atoms with Gasteiger partial charge in [0, 0.05) is 76.7 Å². The molecule has 5 aromatic rings. The number of nitrogens with zero attached hydrogens (tertiary/aromatic N) is 6. The van der Waals surface area contributed by atoms with Gasteiger partial charge in [0.2, 0.25) is 23.6 Å². The van der Waals surface area contributed by atoms with Crippen LogP contribution in [-0.2, 0) is 44.1 Å². The molecular weight excluding hydrogens is 1020 g/mol. The quantitative estimate of drug-likeness (QED) is 0.0479. The van der Waals surface area contributed by atoms with Crippen LogP contribution < -0.4 is 16.2 Å². The number of amides is 4. The molecule has 3 N–H and O–H groups in total. The third-order valence-corrected chi connectivity index (χ3v) is 16.3. The third-order valence-electron chi connectivity index (χ3n) is 15.3. The van der Waals surface area contributed by atoms with Crippen LogP contribution in [0.4, 0.5) is 13.2 Å². The Morgan fingerprint density at radius 1 is 0.846 bits per heavy atom.